The van der Waals surface area contributed by atoms with E-state index in [4.69, 9.17) is 0 Å². The van der Waals surface area contributed by atoms with Gasteiger partial charge in [-0.1, -0.05) is 0 Å². The fourth-order valence-corrected chi connectivity index (χ4v) is 1.76. The normalized spacial score (nSPS) is 26.5. The van der Waals surface area contributed by atoms with Crippen LogP contribution in [0, 0.1) is 0 Å². The Morgan fingerprint density at radius 3 is 2.60 bits per heavy atom. The van der Waals surface area contributed by atoms with Crippen molar-refractivity contribution in [1.82, 2.24) is 20.1 Å². The molecule has 1 aromatic rings. The van der Waals surface area contributed by atoms with Crippen molar-refractivity contribution < 1.29 is 13.2 Å². The minimum Gasteiger partial charge on any atom is -0.305 e. The maximum Gasteiger partial charge on any atom is 0.451 e. The van der Waals surface area contributed by atoms with Crippen LogP contribution in [0.5, 0.6) is 0 Å². The van der Waals surface area contributed by atoms with Gasteiger partial charge in [-0.2, -0.15) is 13.2 Å². The molecule has 0 bridgehead atoms. The van der Waals surface area contributed by atoms with Crippen LogP contribution in [0.15, 0.2) is 0 Å². The SMILES string of the molecule is C[C@@H]1NC[C@H](C)n2c1nnc2C(F)(F)F. The summed E-state index contributed by atoms with van der Waals surface area (Å²) in [6.45, 7) is 3.98. The maximum absolute atomic E-state index is 12.6. The van der Waals surface area contributed by atoms with Crippen LogP contribution >= 0.6 is 0 Å². The molecule has 2 rings (SSSR count). The van der Waals surface area contributed by atoms with Gasteiger partial charge in [0.2, 0.25) is 5.82 Å². The highest BCUT2D eigenvalue weighted by Crippen LogP contribution is 2.32. The van der Waals surface area contributed by atoms with Crippen LogP contribution in [-0.4, -0.2) is 21.3 Å². The Kier molecular flexibility index (Phi) is 2.22. The number of rotatable bonds is 0. The van der Waals surface area contributed by atoms with Gasteiger partial charge in [0.1, 0.15) is 5.82 Å². The second-order valence-corrected chi connectivity index (χ2v) is 3.73. The number of aromatic nitrogens is 3. The topological polar surface area (TPSA) is 42.7 Å². The Balaban J connectivity index is 2.53. The Bertz CT molecular complexity index is 370. The first-order chi connectivity index (χ1) is 6.91. The summed E-state index contributed by atoms with van der Waals surface area (Å²) in [6.07, 6.45) is -4.43. The first-order valence-electron chi connectivity index (χ1n) is 4.66. The van der Waals surface area contributed by atoms with Crippen molar-refractivity contribution in [2.24, 2.45) is 0 Å². The van der Waals surface area contributed by atoms with E-state index in [1.807, 2.05) is 0 Å². The molecular formula is C8H11F3N4. The summed E-state index contributed by atoms with van der Waals surface area (Å²) in [4.78, 5) is 0. The molecule has 84 valence electrons. The summed E-state index contributed by atoms with van der Waals surface area (Å²) in [5.41, 5.74) is 0. The third-order valence-electron chi connectivity index (χ3n) is 2.52. The first kappa shape index (κ1) is 10.4. The Morgan fingerprint density at radius 2 is 2.00 bits per heavy atom. The van der Waals surface area contributed by atoms with Crippen molar-refractivity contribution in [1.29, 1.82) is 0 Å². The molecule has 0 spiro atoms. The van der Waals surface area contributed by atoms with E-state index in [1.165, 1.54) is 4.57 Å². The average Bonchev–Trinajstić information content (AvgIpc) is 2.55. The van der Waals surface area contributed by atoms with Crippen LogP contribution in [0.2, 0.25) is 0 Å². The van der Waals surface area contributed by atoms with Crippen LogP contribution < -0.4 is 5.32 Å². The Morgan fingerprint density at radius 1 is 1.33 bits per heavy atom. The molecule has 0 unspecified atom stereocenters. The van der Waals surface area contributed by atoms with Crippen molar-refractivity contribution >= 4 is 0 Å². The van der Waals surface area contributed by atoms with Gasteiger partial charge in [0.15, 0.2) is 0 Å². The average molecular weight is 220 g/mol. The van der Waals surface area contributed by atoms with E-state index in [2.05, 4.69) is 15.5 Å². The lowest BCUT2D eigenvalue weighted by Gasteiger charge is -2.28. The summed E-state index contributed by atoms with van der Waals surface area (Å²) < 4.78 is 38.9. The Hall–Kier alpha value is -1.11. The van der Waals surface area contributed by atoms with Crippen molar-refractivity contribution in [3.05, 3.63) is 11.6 Å². The minimum absolute atomic E-state index is 0.190. The number of hydrogen-bond donors (Lipinski definition) is 1. The van der Waals surface area contributed by atoms with Gasteiger partial charge in [-0.15, -0.1) is 10.2 Å². The van der Waals surface area contributed by atoms with E-state index >= 15 is 0 Å². The lowest BCUT2D eigenvalue weighted by Crippen LogP contribution is -2.36. The summed E-state index contributed by atoms with van der Waals surface area (Å²) in [7, 11) is 0. The molecule has 0 saturated carbocycles. The highest BCUT2D eigenvalue weighted by Gasteiger charge is 2.41. The molecule has 0 aliphatic carbocycles. The van der Waals surface area contributed by atoms with Gasteiger partial charge >= 0.3 is 6.18 Å². The molecule has 2 atom stereocenters. The number of halogens is 3. The van der Waals surface area contributed by atoms with Crippen molar-refractivity contribution in [2.45, 2.75) is 32.1 Å². The summed E-state index contributed by atoms with van der Waals surface area (Å²) in [5.74, 6) is -0.556. The van der Waals surface area contributed by atoms with E-state index in [0.29, 0.717) is 12.4 Å². The predicted molar refractivity (Wildman–Crippen MR) is 46.2 cm³/mol. The molecule has 1 aliphatic heterocycles. The molecule has 1 N–H and O–H groups in total. The summed E-state index contributed by atoms with van der Waals surface area (Å²) in [5, 5.41) is 9.86. The predicted octanol–water partition coefficient (Wildman–Crippen LogP) is 1.52. The fourth-order valence-electron chi connectivity index (χ4n) is 1.76. The van der Waals surface area contributed by atoms with Crippen LogP contribution in [0.25, 0.3) is 0 Å². The van der Waals surface area contributed by atoms with Gasteiger partial charge in [-0.05, 0) is 13.8 Å². The fraction of sp³-hybridized carbons (Fsp3) is 0.750. The molecule has 0 aromatic carbocycles. The molecule has 7 heteroatoms. The maximum atomic E-state index is 12.6. The molecule has 0 fully saturated rings. The minimum atomic E-state index is -4.43. The van der Waals surface area contributed by atoms with Crippen molar-refractivity contribution in [2.75, 3.05) is 6.54 Å². The molecule has 15 heavy (non-hydrogen) atoms. The van der Waals surface area contributed by atoms with E-state index < -0.39 is 12.0 Å². The van der Waals surface area contributed by atoms with E-state index in [1.54, 1.807) is 13.8 Å². The molecule has 1 aromatic heterocycles. The number of alkyl halides is 3. The van der Waals surface area contributed by atoms with E-state index in [-0.39, 0.29) is 12.1 Å². The summed E-state index contributed by atoms with van der Waals surface area (Å²) >= 11 is 0. The zero-order chi connectivity index (χ0) is 11.2. The number of nitrogens with zero attached hydrogens (tertiary/aromatic N) is 3. The van der Waals surface area contributed by atoms with Crippen LogP contribution in [-0.2, 0) is 6.18 Å². The van der Waals surface area contributed by atoms with Gasteiger partial charge in [-0.3, -0.25) is 0 Å². The monoisotopic (exact) mass is 220 g/mol. The first-order valence-corrected chi connectivity index (χ1v) is 4.66. The quantitative estimate of drug-likeness (QED) is 0.720. The zero-order valence-electron chi connectivity index (χ0n) is 8.34. The Labute approximate surface area is 84.5 Å². The largest absolute Gasteiger partial charge is 0.451 e. The molecule has 1 aliphatic rings. The molecule has 0 saturated heterocycles. The third kappa shape index (κ3) is 1.60. The van der Waals surface area contributed by atoms with Crippen molar-refractivity contribution in [3.8, 4) is 0 Å². The molecule has 0 amide bonds. The molecule has 4 nitrogen and oxygen atoms in total. The third-order valence-corrected chi connectivity index (χ3v) is 2.52. The number of hydrogen-bond acceptors (Lipinski definition) is 3. The van der Waals surface area contributed by atoms with Gasteiger partial charge in [-0.25, -0.2) is 0 Å². The number of fused-ring (bicyclic) bond motifs is 1. The second kappa shape index (κ2) is 3.19. The highest BCUT2D eigenvalue weighted by molar-refractivity contribution is 5.08. The molecule has 0 radical (unpaired) electrons. The smallest absolute Gasteiger partial charge is 0.305 e. The van der Waals surface area contributed by atoms with Crippen LogP contribution in [0.4, 0.5) is 13.2 Å². The standard InChI is InChI=1S/C8H11F3N4/c1-4-3-12-5(2)6-13-14-7(15(4)6)8(9,10)11/h4-5,12H,3H2,1-2H3/t4-,5-/m0/s1. The lowest BCUT2D eigenvalue weighted by molar-refractivity contribution is -0.148. The van der Waals surface area contributed by atoms with Gasteiger partial charge < -0.3 is 9.88 Å². The number of nitrogens with one attached hydrogen (secondary N) is 1. The van der Waals surface area contributed by atoms with Crippen LogP contribution in [0.3, 0.4) is 0 Å². The van der Waals surface area contributed by atoms with E-state index in [0.717, 1.165) is 0 Å². The van der Waals surface area contributed by atoms with Gasteiger partial charge in [0.05, 0.1) is 6.04 Å². The van der Waals surface area contributed by atoms with Gasteiger partial charge in [0.25, 0.3) is 0 Å². The highest BCUT2D eigenvalue weighted by atomic mass is 19.4. The van der Waals surface area contributed by atoms with E-state index in [9.17, 15) is 13.2 Å². The lowest BCUT2D eigenvalue weighted by atomic mass is 10.2. The molecule has 2 heterocycles. The van der Waals surface area contributed by atoms with Gasteiger partial charge in [0, 0.05) is 12.6 Å². The molecular weight excluding hydrogens is 209 g/mol. The zero-order valence-corrected chi connectivity index (χ0v) is 8.34. The summed E-state index contributed by atoms with van der Waals surface area (Å²) in [6, 6.07) is -0.465. The van der Waals surface area contributed by atoms with Crippen molar-refractivity contribution in [3.63, 3.8) is 0 Å². The van der Waals surface area contributed by atoms with Crippen LogP contribution in [0.1, 0.15) is 37.6 Å². The second-order valence-electron chi connectivity index (χ2n) is 3.73.